The SMILES string of the molecule is CCC(=O)N1C(=O)O[C@H](c2ccccc2)[C@H](C)N1Cc1ccc(OC)cc1. The van der Waals surface area contributed by atoms with Crippen molar-refractivity contribution < 1.29 is 19.1 Å². The Morgan fingerprint density at radius 2 is 1.78 bits per heavy atom. The second-order valence-electron chi connectivity index (χ2n) is 6.46. The lowest BCUT2D eigenvalue weighted by molar-refractivity contribution is -0.170. The first-order chi connectivity index (χ1) is 13.0. The highest BCUT2D eigenvalue weighted by Gasteiger charge is 2.43. The van der Waals surface area contributed by atoms with E-state index in [0.717, 1.165) is 21.9 Å². The van der Waals surface area contributed by atoms with Crippen molar-refractivity contribution in [2.24, 2.45) is 0 Å². The number of hydrogen-bond acceptors (Lipinski definition) is 5. The van der Waals surface area contributed by atoms with Gasteiger partial charge in [0.25, 0.3) is 0 Å². The molecular weight excluding hydrogens is 344 g/mol. The molecule has 1 heterocycles. The van der Waals surface area contributed by atoms with E-state index in [-0.39, 0.29) is 18.4 Å². The Bertz CT molecular complexity index is 792. The van der Waals surface area contributed by atoms with Crippen molar-refractivity contribution in [2.75, 3.05) is 7.11 Å². The smallest absolute Gasteiger partial charge is 0.432 e. The molecule has 0 aliphatic carbocycles. The molecule has 6 nitrogen and oxygen atoms in total. The third-order valence-electron chi connectivity index (χ3n) is 4.74. The van der Waals surface area contributed by atoms with Crippen LogP contribution in [0.25, 0.3) is 0 Å². The number of hydrazine groups is 1. The Hall–Kier alpha value is -2.86. The fraction of sp³-hybridized carbons (Fsp3) is 0.333. The zero-order valence-electron chi connectivity index (χ0n) is 15.8. The number of imide groups is 1. The van der Waals surface area contributed by atoms with Crippen LogP contribution >= 0.6 is 0 Å². The van der Waals surface area contributed by atoms with Crippen molar-refractivity contribution in [2.45, 2.75) is 39.0 Å². The Kier molecular flexibility index (Phi) is 5.76. The van der Waals surface area contributed by atoms with Gasteiger partial charge in [0.05, 0.1) is 13.2 Å². The minimum atomic E-state index is -0.637. The van der Waals surface area contributed by atoms with Crippen molar-refractivity contribution in [1.82, 2.24) is 10.0 Å². The lowest BCUT2D eigenvalue weighted by Gasteiger charge is -2.44. The van der Waals surface area contributed by atoms with Crippen molar-refractivity contribution in [1.29, 1.82) is 0 Å². The van der Waals surface area contributed by atoms with Gasteiger partial charge in [-0.1, -0.05) is 49.4 Å². The largest absolute Gasteiger partial charge is 0.497 e. The van der Waals surface area contributed by atoms with Crippen LogP contribution in [0.15, 0.2) is 54.6 Å². The molecule has 0 spiro atoms. The maximum Gasteiger partial charge on any atom is 0.432 e. The van der Waals surface area contributed by atoms with Crippen LogP contribution in [0.3, 0.4) is 0 Å². The van der Waals surface area contributed by atoms with Crippen LogP contribution in [0.2, 0.25) is 0 Å². The second kappa shape index (κ2) is 8.22. The average molecular weight is 368 g/mol. The molecule has 6 heteroatoms. The molecule has 2 aromatic rings. The number of benzene rings is 2. The van der Waals surface area contributed by atoms with E-state index < -0.39 is 12.2 Å². The summed E-state index contributed by atoms with van der Waals surface area (Å²) in [7, 11) is 1.61. The van der Waals surface area contributed by atoms with E-state index in [1.54, 1.807) is 19.0 Å². The number of ether oxygens (including phenoxy) is 2. The summed E-state index contributed by atoms with van der Waals surface area (Å²) in [5, 5.41) is 2.92. The van der Waals surface area contributed by atoms with E-state index in [9.17, 15) is 9.59 Å². The fourth-order valence-corrected chi connectivity index (χ4v) is 3.22. The number of nitrogens with zero attached hydrogens (tertiary/aromatic N) is 2. The minimum Gasteiger partial charge on any atom is -0.497 e. The van der Waals surface area contributed by atoms with Crippen LogP contribution < -0.4 is 4.74 Å². The summed E-state index contributed by atoms with van der Waals surface area (Å²) in [5.74, 6) is 0.473. The molecule has 1 aliphatic heterocycles. The number of rotatable bonds is 5. The highest BCUT2D eigenvalue weighted by Crippen LogP contribution is 2.33. The van der Waals surface area contributed by atoms with Gasteiger partial charge in [0.2, 0.25) is 5.91 Å². The predicted molar refractivity (Wildman–Crippen MR) is 101 cm³/mol. The second-order valence-corrected chi connectivity index (χ2v) is 6.46. The molecule has 3 rings (SSSR count). The van der Waals surface area contributed by atoms with Crippen LogP contribution in [-0.4, -0.2) is 35.2 Å². The minimum absolute atomic E-state index is 0.206. The Balaban J connectivity index is 1.92. The highest BCUT2D eigenvalue weighted by atomic mass is 16.6. The summed E-state index contributed by atoms with van der Waals surface area (Å²) in [6.07, 6.45) is -0.864. The lowest BCUT2D eigenvalue weighted by Crippen LogP contribution is -2.59. The van der Waals surface area contributed by atoms with Crippen LogP contribution in [0.4, 0.5) is 4.79 Å². The van der Waals surface area contributed by atoms with E-state index in [2.05, 4.69) is 0 Å². The van der Waals surface area contributed by atoms with Crippen molar-refractivity contribution >= 4 is 12.0 Å². The van der Waals surface area contributed by atoms with Gasteiger partial charge in [-0.15, -0.1) is 0 Å². The molecule has 2 amide bonds. The van der Waals surface area contributed by atoms with Gasteiger partial charge >= 0.3 is 6.09 Å². The molecular formula is C21H24N2O4. The number of amides is 2. The maximum atomic E-state index is 12.6. The summed E-state index contributed by atoms with van der Waals surface area (Å²) in [4.78, 5) is 25.1. The number of methoxy groups -OCH3 is 1. The Morgan fingerprint density at radius 1 is 1.11 bits per heavy atom. The van der Waals surface area contributed by atoms with E-state index in [1.807, 2.05) is 61.5 Å². The number of hydrogen-bond donors (Lipinski definition) is 0. The van der Waals surface area contributed by atoms with Gasteiger partial charge in [-0.05, 0) is 30.2 Å². The zero-order valence-corrected chi connectivity index (χ0v) is 15.8. The van der Waals surface area contributed by atoms with E-state index in [4.69, 9.17) is 9.47 Å². The molecule has 27 heavy (non-hydrogen) atoms. The predicted octanol–water partition coefficient (Wildman–Crippen LogP) is 3.93. The lowest BCUT2D eigenvalue weighted by atomic mass is 10.0. The van der Waals surface area contributed by atoms with Gasteiger partial charge in [0.15, 0.2) is 0 Å². The first-order valence-corrected chi connectivity index (χ1v) is 9.03. The molecule has 1 aliphatic rings. The summed E-state index contributed by atoms with van der Waals surface area (Å²) in [5.41, 5.74) is 1.87. The molecule has 0 unspecified atom stereocenters. The van der Waals surface area contributed by atoms with Gasteiger partial charge in [0.1, 0.15) is 11.9 Å². The summed E-state index contributed by atoms with van der Waals surface area (Å²) in [6, 6.07) is 17.0. The molecule has 0 saturated carbocycles. The average Bonchev–Trinajstić information content (AvgIpc) is 2.71. The van der Waals surface area contributed by atoms with Crippen LogP contribution in [0.1, 0.15) is 37.5 Å². The first kappa shape index (κ1) is 18.9. The molecule has 1 saturated heterocycles. The quantitative estimate of drug-likeness (QED) is 0.800. The molecule has 0 aromatic heterocycles. The zero-order chi connectivity index (χ0) is 19.4. The van der Waals surface area contributed by atoms with Gasteiger partial charge in [-0.2, -0.15) is 10.0 Å². The first-order valence-electron chi connectivity index (χ1n) is 9.03. The van der Waals surface area contributed by atoms with Crippen molar-refractivity contribution in [3.05, 3.63) is 65.7 Å². The summed E-state index contributed by atoms with van der Waals surface area (Å²) < 4.78 is 10.8. The molecule has 1 fully saturated rings. The number of carbonyl (C=O) groups is 2. The monoisotopic (exact) mass is 368 g/mol. The third kappa shape index (κ3) is 3.95. The number of cyclic esters (lactones) is 1. The highest BCUT2D eigenvalue weighted by molar-refractivity contribution is 5.91. The Morgan fingerprint density at radius 3 is 2.37 bits per heavy atom. The van der Waals surface area contributed by atoms with Gasteiger partial charge in [-0.3, -0.25) is 4.79 Å². The van der Waals surface area contributed by atoms with E-state index >= 15 is 0 Å². The molecule has 142 valence electrons. The molecule has 0 radical (unpaired) electrons. The van der Waals surface area contributed by atoms with E-state index in [0.29, 0.717) is 6.54 Å². The summed E-state index contributed by atoms with van der Waals surface area (Å²) in [6.45, 7) is 4.11. The van der Waals surface area contributed by atoms with Gasteiger partial charge in [0, 0.05) is 13.0 Å². The molecule has 0 bridgehead atoms. The number of carbonyl (C=O) groups excluding carboxylic acids is 2. The van der Waals surface area contributed by atoms with Crippen LogP contribution in [0.5, 0.6) is 5.75 Å². The van der Waals surface area contributed by atoms with Crippen LogP contribution in [-0.2, 0) is 16.1 Å². The maximum absolute atomic E-state index is 12.6. The van der Waals surface area contributed by atoms with E-state index in [1.165, 1.54) is 0 Å². The normalized spacial score (nSPS) is 20.3. The molecule has 2 aromatic carbocycles. The fourth-order valence-electron chi connectivity index (χ4n) is 3.22. The van der Waals surface area contributed by atoms with Gasteiger partial charge < -0.3 is 9.47 Å². The summed E-state index contributed by atoms with van der Waals surface area (Å²) >= 11 is 0. The molecule has 2 atom stereocenters. The standard InChI is InChI=1S/C21H24N2O4/c1-4-19(24)23-21(25)27-20(17-8-6-5-7-9-17)15(2)22(23)14-16-10-12-18(26-3)13-11-16/h5-13,15,20H,4,14H2,1-3H3/t15-,20-/m0/s1. The van der Waals surface area contributed by atoms with Crippen molar-refractivity contribution in [3.8, 4) is 5.75 Å². The Labute approximate surface area is 159 Å². The molecule has 0 N–H and O–H groups in total. The van der Waals surface area contributed by atoms with Crippen molar-refractivity contribution in [3.63, 3.8) is 0 Å². The topological polar surface area (TPSA) is 59.1 Å². The third-order valence-corrected chi connectivity index (χ3v) is 4.74. The van der Waals surface area contributed by atoms with Gasteiger partial charge in [-0.25, -0.2) is 4.79 Å². The van der Waals surface area contributed by atoms with Crippen LogP contribution in [0, 0.1) is 0 Å².